The van der Waals surface area contributed by atoms with Gasteiger partial charge in [-0.3, -0.25) is 0 Å². The third-order valence-electron chi connectivity index (χ3n) is 3.59. The van der Waals surface area contributed by atoms with Crippen molar-refractivity contribution in [3.63, 3.8) is 0 Å². The van der Waals surface area contributed by atoms with Crippen LogP contribution in [0.25, 0.3) is 5.69 Å². The van der Waals surface area contributed by atoms with Crippen molar-refractivity contribution in [2.45, 2.75) is 11.6 Å². The maximum Gasteiger partial charge on any atom is 0.335 e. The number of allylic oxidation sites excluding steroid dienone is 3. The SMILES string of the molecule is C=C(CSc1nnnn1-c1ccc(C(=O)O)cc1)NCC1=CC=CC1. The third-order valence-corrected chi connectivity index (χ3v) is 4.59. The summed E-state index contributed by atoms with van der Waals surface area (Å²) in [6, 6.07) is 6.41. The Morgan fingerprint density at radius 2 is 2.16 bits per heavy atom. The summed E-state index contributed by atoms with van der Waals surface area (Å²) < 4.78 is 1.58. The topological polar surface area (TPSA) is 92.9 Å². The molecule has 0 atom stereocenters. The average Bonchev–Trinajstić information content (AvgIpc) is 3.29. The number of hydrogen-bond acceptors (Lipinski definition) is 6. The van der Waals surface area contributed by atoms with E-state index in [0.29, 0.717) is 16.6 Å². The number of aromatic carboxylic acids is 1. The number of hydrogen-bond donors (Lipinski definition) is 2. The van der Waals surface area contributed by atoms with Gasteiger partial charge in [-0.2, -0.15) is 4.68 Å². The summed E-state index contributed by atoms with van der Waals surface area (Å²) >= 11 is 1.46. The van der Waals surface area contributed by atoms with Crippen LogP contribution >= 0.6 is 11.8 Å². The normalized spacial score (nSPS) is 12.9. The molecule has 2 N–H and O–H groups in total. The second kappa shape index (κ2) is 7.80. The molecule has 7 nitrogen and oxygen atoms in total. The van der Waals surface area contributed by atoms with Crippen LogP contribution in [0.2, 0.25) is 0 Å². The van der Waals surface area contributed by atoms with E-state index < -0.39 is 5.97 Å². The Morgan fingerprint density at radius 1 is 1.36 bits per heavy atom. The predicted octanol–water partition coefficient (Wildman–Crippen LogP) is 2.44. The Balaban J connectivity index is 1.57. The summed E-state index contributed by atoms with van der Waals surface area (Å²) in [6.45, 7) is 4.81. The van der Waals surface area contributed by atoms with Crippen molar-refractivity contribution in [2.24, 2.45) is 0 Å². The maximum atomic E-state index is 10.9. The quantitative estimate of drug-likeness (QED) is 0.703. The Hall–Kier alpha value is -2.87. The fourth-order valence-corrected chi connectivity index (χ4v) is 3.00. The van der Waals surface area contributed by atoms with Gasteiger partial charge in [-0.05, 0) is 46.7 Å². The molecule has 0 unspecified atom stereocenters. The molecule has 1 aromatic heterocycles. The van der Waals surface area contributed by atoms with Gasteiger partial charge in [0.1, 0.15) is 0 Å². The Bertz CT molecular complexity index is 839. The number of carbonyl (C=O) groups is 1. The minimum Gasteiger partial charge on any atom is -0.478 e. The molecule has 1 aliphatic carbocycles. The molecular formula is C17H17N5O2S. The van der Waals surface area contributed by atoms with Gasteiger partial charge < -0.3 is 10.4 Å². The van der Waals surface area contributed by atoms with Crippen molar-refractivity contribution in [3.8, 4) is 5.69 Å². The number of nitrogens with one attached hydrogen (secondary N) is 1. The lowest BCUT2D eigenvalue weighted by Crippen LogP contribution is -2.17. The molecule has 0 fully saturated rings. The van der Waals surface area contributed by atoms with E-state index in [0.717, 1.165) is 18.7 Å². The molecule has 128 valence electrons. The number of benzene rings is 1. The summed E-state index contributed by atoms with van der Waals surface area (Å²) in [7, 11) is 0. The first-order chi connectivity index (χ1) is 12.1. The van der Waals surface area contributed by atoms with Crippen LogP contribution in [0.1, 0.15) is 16.8 Å². The van der Waals surface area contributed by atoms with E-state index in [-0.39, 0.29) is 5.56 Å². The van der Waals surface area contributed by atoms with Gasteiger partial charge in [0.05, 0.1) is 11.3 Å². The zero-order valence-electron chi connectivity index (χ0n) is 13.4. The molecule has 0 radical (unpaired) electrons. The van der Waals surface area contributed by atoms with Crippen LogP contribution in [-0.4, -0.2) is 43.6 Å². The van der Waals surface area contributed by atoms with Crippen LogP contribution in [0.5, 0.6) is 0 Å². The van der Waals surface area contributed by atoms with Gasteiger partial charge >= 0.3 is 5.97 Å². The molecule has 0 saturated heterocycles. The third kappa shape index (κ3) is 4.36. The number of thioether (sulfide) groups is 1. The lowest BCUT2D eigenvalue weighted by Gasteiger charge is -2.10. The summed E-state index contributed by atoms with van der Waals surface area (Å²) in [6.07, 6.45) is 7.27. The van der Waals surface area contributed by atoms with E-state index in [2.05, 4.69) is 45.6 Å². The second-order valence-corrected chi connectivity index (χ2v) is 6.37. The Kier molecular flexibility index (Phi) is 5.30. The van der Waals surface area contributed by atoms with Crippen molar-refractivity contribution in [1.29, 1.82) is 0 Å². The Morgan fingerprint density at radius 3 is 2.84 bits per heavy atom. The second-order valence-electron chi connectivity index (χ2n) is 5.43. The highest BCUT2D eigenvalue weighted by atomic mass is 32.2. The molecule has 0 aliphatic heterocycles. The summed E-state index contributed by atoms with van der Waals surface area (Å²) in [5.41, 5.74) is 3.15. The fourth-order valence-electron chi connectivity index (χ4n) is 2.24. The van der Waals surface area contributed by atoms with E-state index >= 15 is 0 Å². The molecule has 0 amide bonds. The molecule has 3 rings (SSSR count). The van der Waals surface area contributed by atoms with Crippen molar-refractivity contribution < 1.29 is 9.90 Å². The predicted molar refractivity (Wildman–Crippen MR) is 95.8 cm³/mol. The van der Waals surface area contributed by atoms with Crippen LogP contribution < -0.4 is 5.32 Å². The minimum atomic E-state index is -0.965. The highest BCUT2D eigenvalue weighted by molar-refractivity contribution is 7.99. The molecule has 1 aromatic carbocycles. The van der Waals surface area contributed by atoms with Crippen molar-refractivity contribution in [1.82, 2.24) is 25.5 Å². The molecule has 1 aliphatic rings. The molecule has 0 spiro atoms. The van der Waals surface area contributed by atoms with Crippen LogP contribution in [0.15, 0.2) is 65.5 Å². The van der Waals surface area contributed by atoms with E-state index in [1.807, 2.05) is 0 Å². The summed E-state index contributed by atoms with van der Waals surface area (Å²) in [5, 5.41) is 24.6. The van der Waals surface area contributed by atoms with Gasteiger partial charge in [-0.15, -0.1) is 5.10 Å². The highest BCUT2D eigenvalue weighted by Gasteiger charge is 2.11. The number of rotatable bonds is 8. The van der Waals surface area contributed by atoms with E-state index in [1.54, 1.807) is 16.8 Å². The summed E-state index contributed by atoms with van der Waals surface area (Å²) in [4.78, 5) is 10.9. The summed E-state index contributed by atoms with van der Waals surface area (Å²) in [5.74, 6) is -0.332. The number of carboxylic acids is 1. The molecule has 25 heavy (non-hydrogen) atoms. The first-order valence-corrected chi connectivity index (χ1v) is 8.63. The zero-order valence-corrected chi connectivity index (χ0v) is 14.2. The molecule has 1 heterocycles. The minimum absolute atomic E-state index is 0.222. The molecule has 8 heteroatoms. The van der Waals surface area contributed by atoms with Crippen molar-refractivity contribution in [3.05, 3.63) is 65.9 Å². The standard InChI is InChI=1S/C17H17N5O2S/c1-12(18-10-13-4-2-3-5-13)11-25-17-19-20-21-22(17)15-8-6-14(7-9-15)16(23)24/h2-4,6-9,18H,1,5,10-11H2,(H,23,24). The van der Waals surface area contributed by atoms with Crippen LogP contribution in [0, 0.1) is 0 Å². The number of nitrogens with zero attached hydrogens (tertiary/aromatic N) is 4. The van der Waals surface area contributed by atoms with Gasteiger partial charge in [-0.25, -0.2) is 4.79 Å². The zero-order chi connectivity index (χ0) is 17.6. The first kappa shape index (κ1) is 17.0. The lowest BCUT2D eigenvalue weighted by atomic mass is 10.2. The van der Waals surface area contributed by atoms with Gasteiger partial charge in [-0.1, -0.05) is 36.6 Å². The van der Waals surface area contributed by atoms with Gasteiger partial charge in [0.25, 0.3) is 0 Å². The highest BCUT2D eigenvalue weighted by Crippen LogP contribution is 2.20. The first-order valence-electron chi connectivity index (χ1n) is 7.64. The Labute approximate surface area is 149 Å². The number of tetrazole rings is 1. The fraction of sp³-hybridized carbons (Fsp3) is 0.176. The molecule has 0 saturated carbocycles. The molecular weight excluding hydrogens is 338 g/mol. The van der Waals surface area contributed by atoms with E-state index in [9.17, 15) is 4.79 Å². The molecule has 0 bridgehead atoms. The smallest absolute Gasteiger partial charge is 0.335 e. The molecule has 2 aromatic rings. The average molecular weight is 355 g/mol. The monoisotopic (exact) mass is 355 g/mol. The van der Waals surface area contributed by atoms with Gasteiger partial charge in [0.15, 0.2) is 0 Å². The number of aromatic nitrogens is 4. The van der Waals surface area contributed by atoms with Gasteiger partial charge in [0.2, 0.25) is 5.16 Å². The van der Waals surface area contributed by atoms with Crippen molar-refractivity contribution in [2.75, 3.05) is 12.3 Å². The van der Waals surface area contributed by atoms with Crippen LogP contribution in [0.4, 0.5) is 0 Å². The van der Waals surface area contributed by atoms with E-state index in [4.69, 9.17) is 5.11 Å². The number of carboxylic acid groups (broad SMARTS) is 1. The van der Waals surface area contributed by atoms with Crippen molar-refractivity contribution >= 4 is 17.7 Å². The van der Waals surface area contributed by atoms with E-state index in [1.165, 1.54) is 29.5 Å². The lowest BCUT2D eigenvalue weighted by molar-refractivity contribution is 0.0697. The van der Waals surface area contributed by atoms with Gasteiger partial charge in [0, 0.05) is 18.0 Å². The van der Waals surface area contributed by atoms with Crippen LogP contribution in [0.3, 0.4) is 0 Å². The largest absolute Gasteiger partial charge is 0.478 e. The maximum absolute atomic E-state index is 10.9. The van der Waals surface area contributed by atoms with Crippen LogP contribution in [-0.2, 0) is 0 Å².